The number of aliphatic imine (C=N–C) groups is 1. The van der Waals surface area contributed by atoms with E-state index in [1.807, 2.05) is 32.3 Å². The summed E-state index contributed by atoms with van der Waals surface area (Å²) >= 11 is 0. The molecule has 0 amide bonds. The van der Waals surface area contributed by atoms with Crippen molar-refractivity contribution < 1.29 is 4.74 Å². The van der Waals surface area contributed by atoms with Crippen molar-refractivity contribution >= 4 is 5.96 Å². The van der Waals surface area contributed by atoms with Gasteiger partial charge in [0.25, 0.3) is 0 Å². The Balaban J connectivity index is 1.82. The van der Waals surface area contributed by atoms with Crippen LogP contribution in [0.4, 0.5) is 0 Å². The summed E-state index contributed by atoms with van der Waals surface area (Å²) in [6.45, 7) is 6.36. The van der Waals surface area contributed by atoms with Gasteiger partial charge >= 0.3 is 0 Å². The van der Waals surface area contributed by atoms with Crippen molar-refractivity contribution in [3.8, 4) is 0 Å². The van der Waals surface area contributed by atoms with Crippen molar-refractivity contribution in [3.05, 3.63) is 54.1 Å². The van der Waals surface area contributed by atoms with Gasteiger partial charge in [0.15, 0.2) is 5.96 Å². The van der Waals surface area contributed by atoms with Crippen LogP contribution in [0.15, 0.2) is 47.7 Å². The Labute approximate surface area is 150 Å². The van der Waals surface area contributed by atoms with Gasteiger partial charge in [0, 0.05) is 52.6 Å². The van der Waals surface area contributed by atoms with E-state index in [1.54, 1.807) is 14.2 Å². The number of imidazole rings is 1. The zero-order valence-electron chi connectivity index (χ0n) is 15.6. The molecule has 0 aliphatic rings. The van der Waals surface area contributed by atoms with Crippen LogP contribution >= 0.6 is 0 Å². The standard InChI is InChI=1S/C19H29N5O/c1-19(2,25-4)15-23-18(20-3)22-11-10-17-21-12-13-24(17)14-16-8-6-5-7-9-16/h5-9,12-13H,10-11,14-15H2,1-4H3,(H2,20,22,23). The Bertz CT molecular complexity index is 663. The molecule has 6 heteroatoms. The van der Waals surface area contributed by atoms with Gasteiger partial charge in [-0.05, 0) is 19.4 Å². The quantitative estimate of drug-likeness (QED) is 0.569. The number of rotatable bonds is 8. The van der Waals surface area contributed by atoms with Gasteiger partial charge in [-0.25, -0.2) is 4.98 Å². The molecule has 1 heterocycles. The fraction of sp³-hybridized carbons (Fsp3) is 0.474. The summed E-state index contributed by atoms with van der Waals surface area (Å²) in [5.41, 5.74) is 1.04. The van der Waals surface area contributed by atoms with Crippen molar-refractivity contribution in [2.45, 2.75) is 32.4 Å². The van der Waals surface area contributed by atoms with E-state index in [0.29, 0.717) is 6.54 Å². The summed E-state index contributed by atoms with van der Waals surface area (Å²) in [5, 5.41) is 6.61. The molecule has 2 aromatic rings. The van der Waals surface area contributed by atoms with Crippen LogP contribution in [0.25, 0.3) is 0 Å². The molecule has 0 fully saturated rings. The highest BCUT2D eigenvalue weighted by Gasteiger charge is 2.16. The maximum Gasteiger partial charge on any atom is 0.191 e. The fourth-order valence-electron chi connectivity index (χ4n) is 2.37. The van der Waals surface area contributed by atoms with Crippen molar-refractivity contribution in [1.82, 2.24) is 20.2 Å². The molecular weight excluding hydrogens is 314 g/mol. The van der Waals surface area contributed by atoms with Gasteiger partial charge in [0.05, 0.1) is 5.60 Å². The van der Waals surface area contributed by atoms with Gasteiger partial charge in [-0.2, -0.15) is 0 Å². The summed E-state index contributed by atoms with van der Waals surface area (Å²) in [6, 6.07) is 10.4. The summed E-state index contributed by atoms with van der Waals surface area (Å²) in [5.74, 6) is 1.83. The lowest BCUT2D eigenvalue weighted by Crippen LogP contribution is -2.45. The fourth-order valence-corrected chi connectivity index (χ4v) is 2.37. The predicted molar refractivity (Wildman–Crippen MR) is 102 cm³/mol. The summed E-state index contributed by atoms with van der Waals surface area (Å²) in [7, 11) is 3.48. The maximum absolute atomic E-state index is 5.41. The van der Waals surface area contributed by atoms with Crippen LogP contribution < -0.4 is 10.6 Å². The third-order valence-electron chi connectivity index (χ3n) is 4.10. The zero-order valence-corrected chi connectivity index (χ0v) is 15.6. The van der Waals surface area contributed by atoms with E-state index in [9.17, 15) is 0 Å². The molecule has 0 aliphatic carbocycles. The van der Waals surface area contributed by atoms with Gasteiger partial charge in [0.1, 0.15) is 5.82 Å². The van der Waals surface area contributed by atoms with Crippen molar-refractivity contribution in [1.29, 1.82) is 0 Å². The molecule has 0 aliphatic heterocycles. The highest BCUT2D eigenvalue weighted by atomic mass is 16.5. The molecule has 0 spiro atoms. The minimum Gasteiger partial charge on any atom is -0.377 e. The first kappa shape index (κ1) is 19.0. The van der Waals surface area contributed by atoms with Gasteiger partial charge in [-0.1, -0.05) is 30.3 Å². The monoisotopic (exact) mass is 343 g/mol. The van der Waals surface area contributed by atoms with Crippen LogP contribution in [0, 0.1) is 0 Å². The van der Waals surface area contributed by atoms with Crippen LogP contribution in [0.5, 0.6) is 0 Å². The minimum atomic E-state index is -0.233. The van der Waals surface area contributed by atoms with Crippen LogP contribution in [-0.2, 0) is 17.7 Å². The number of guanidine groups is 1. The lowest BCUT2D eigenvalue weighted by molar-refractivity contribution is 0.0268. The lowest BCUT2D eigenvalue weighted by atomic mass is 10.1. The number of methoxy groups -OCH3 is 1. The smallest absolute Gasteiger partial charge is 0.191 e. The first-order valence-corrected chi connectivity index (χ1v) is 8.57. The normalized spacial score (nSPS) is 12.2. The van der Waals surface area contributed by atoms with Gasteiger partial charge in [-0.3, -0.25) is 4.99 Å². The molecule has 1 aromatic heterocycles. The number of aromatic nitrogens is 2. The Hall–Kier alpha value is -2.34. The number of nitrogens with one attached hydrogen (secondary N) is 2. The number of ether oxygens (including phenoxy) is 1. The molecule has 6 nitrogen and oxygen atoms in total. The van der Waals surface area contributed by atoms with Gasteiger partial charge < -0.3 is 19.9 Å². The van der Waals surface area contributed by atoms with Crippen molar-refractivity contribution in [3.63, 3.8) is 0 Å². The molecular formula is C19H29N5O. The number of hydrogen-bond acceptors (Lipinski definition) is 3. The molecule has 2 rings (SSSR count). The Morgan fingerprint density at radius 1 is 1.24 bits per heavy atom. The van der Waals surface area contributed by atoms with Crippen LogP contribution in [0.2, 0.25) is 0 Å². The Morgan fingerprint density at radius 3 is 2.68 bits per heavy atom. The molecule has 0 saturated heterocycles. The molecule has 0 saturated carbocycles. The van der Waals surface area contributed by atoms with Crippen LogP contribution in [-0.4, -0.2) is 48.4 Å². The second-order valence-electron chi connectivity index (χ2n) is 6.52. The molecule has 136 valence electrons. The highest BCUT2D eigenvalue weighted by molar-refractivity contribution is 5.79. The Kier molecular flexibility index (Phi) is 7.01. The van der Waals surface area contributed by atoms with E-state index in [-0.39, 0.29) is 5.60 Å². The van der Waals surface area contributed by atoms with Crippen LogP contribution in [0.3, 0.4) is 0 Å². The molecule has 0 unspecified atom stereocenters. The molecule has 1 aromatic carbocycles. The second kappa shape index (κ2) is 9.22. The minimum absolute atomic E-state index is 0.233. The lowest BCUT2D eigenvalue weighted by Gasteiger charge is -2.24. The summed E-state index contributed by atoms with van der Waals surface area (Å²) in [4.78, 5) is 8.72. The molecule has 25 heavy (non-hydrogen) atoms. The number of benzene rings is 1. The average Bonchev–Trinajstić information content (AvgIpc) is 3.06. The topological polar surface area (TPSA) is 63.5 Å². The summed E-state index contributed by atoms with van der Waals surface area (Å²) < 4.78 is 7.59. The van der Waals surface area contributed by atoms with E-state index in [1.165, 1.54) is 5.56 Å². The third kappa shape index (κ3) is 6.23. The molecule has 0 atom stereocenters. The first-order valence-electron chi connectivity index (χ1n) is 8.57. The largest absolute Gasteiger partial charge is 0.377 e. The Morgan fingerprint density at radius 2 is 2.00 bits per heavy atom. The molecule has 2 N–H and O–H groups in total. The predicted octanol–water partition coefficient (Wildman–Crippen LogP) is 2.06. The third-order valence-corrected chi connectivity index (χ3v) is 4.10. The zero-order chi connectivity index (χ0) is 18.1. The van der Waals surface area contributed by atoms with E-state index in [2.05, 4.69) is 49.4 Å². The average molecular weight is 343 g/mol. The number of hydrogen-bond donors (Lipinski definition) is 2. The van der Waals surface area contributed by atoms with Crippen molar-refractivity contribution in [2.24, 2.45) is 4.99 Å². The summed E-state index contributed by atoms with van der Waals surface area (Å²) in [6.07, 6.45) is 4.71. The van der Waals surface area contributed by atoms with Gasteiger partial charge in [-0.15, -0.1) is 0 Å². The van der Waals surface area contributed by atoms with E-state index < -0.39 is 0 Å². The van der Waals surface area contributed by atoms with E-state index in [0.717, 1.165) is 31.3 Å². The van der Waals surface area contributed by atoms with Crippen LogP contribution in [0.1, 0.15) is 25.2 Å². The second-order valence-corrected chi connectivity index (χ2v) is 6.52. The van der Waals surface area contributed by atoms with E-state index >= 15 is 0 Å². The maximum atomic E-state index is 5.41. The SMILES string of the molecule is CN=C(NCCc1nccn1Cc1ccccc1)NCC(C)(C)OC. The molecule has 0 radical (unpaired) electrons. The first-order chi connectivity index (χ1) is 12.0. The molecule has 0 bridgehead atoms. The van der Waals surface area contributed by atoms with Gasteiger partial charge in [0.2, 0.25) is 0 Å². The highest BCUT2D eigenvalue weighted by Crippen LogP contribution is 2.06. The van der Waals surface area contributed by atoms with E-state index in [4.69, 9.17) is 4.74 Å². The number of nitrogens with zero attached hydrogens (tertiary/aromatic N) is 3. The van der Waals surface area contributed by atoms with Crippen molar-refractivity contribution in [2.75, 3.05) is 27.2 Å².